The fourth-order valence-corrected chi connectivity index (χ4v) is 1.59. The lowest BCUT2D eigenvalue weighted by atomic mass is 10.0. The summed E-state index contributed by atoms with van der Waals surface area (Å²) in [5.74, 6) is 0.323. The van der Waals surface area contributed by atoms with Crippen molar-refractivity contribution in [1.82, 2.24) is 5.32 Å². The number of hydrogen-bond donors (Lipinski definition) is 3. The van der Waals surface area contributed by atoms with E-state index < -0.39 is 0 Å². The van der Waals surface area contributed by atoms with Crippen molar-refractivity contribution in [3.8, 4) is 5.75 Å². The number of aryl methyl sites for hydroxylation is 2. The van der Waals surface area contributed by atoms with E-state index in [9.17, 15) is 5.11 Å². The third kappa shape index (κ3) is 3.22. The number of phenolic OH excluding ortho intramolecular Hbond substituents is 1. The van der Waals surface area contributed by atoms with Gasteiger partial charge in [-0.05, 0) is 37.5 Å². The Balaban J connectivity index is 2.70. The maximum atomic E-state index is 9.77. The Hall–Kier alpha value is -1.06. The van der Waals surface area contributed by atoms with Gasteiger partial charge in [-0.3, -0.25) is 0 Å². The Morgan fingerprint density at radius 3 is 2.44 bits per heavy atom. The highest BCUT2D eigenvalue weighted by atomic mass is 16.3. The molecule has 0 spiro atoms. The summed E-state index contributed by atoms with van der Waals surface area (Å²) in [7, 11) is 0. The van der Waals surface area contributed by atoms with Crippen LogP contribution in [0.5, 0.6) is 5.75 Å². The van der Waals surface area contributed by atoms with Gasteiger partial charge in [0.05, 0.1) is 6.61 Å². The van der Waals surface area contributed by atoms with Crippen LogP contribution in [0.15, 0.2) is 12.1 Å². The largest absolute Gasteiger partial charge is 0.508 e. The Labute approximate surface area is 97.1 Å². The molecule has 3 nitrogen and oxygen atoms in total. The summed E-state index contributed by atoms with van der Waals surface area (Å²) in [5, 5.41) is 22.0. The van der Waals surface area contributed by atoms with Crippen LogP contribution >= 0.6 is 0 Å². The maximum absolute atomic E-state index is 9.77. The zero-order valence-corrected chi connectivity index (χ0v) is 10.2. The summed E-state index contributed by atoms with van der Waals surface area (Å²) in [6.07, 6.45) is 0.877. The fourth-order valence-electron chi connectivity index (χ4n) is 1.59. The highest BCUT2D eigenvalue weighted by molar-refractivity contribution is 5.40. The number of nitrogens with one attached hydrogen (secondary N) is 1. The van der Waals surface area contributed by atoms with Gasteiger partial charge in [-0.1, -0.05) is 13.0 Å². The van der Waals surface area contributed by atoms with Gasteiger partial charge in [0.1, 0.15) is 5.75 Å². The smallest absolute Gasteiger partial charge is 0.120 e. The molecule has 0 radical (unpaired) electrons. The normalized spacial score (nSPS) is 12.8. The van der Waals surface area contributed by atoms with E-state index in [4.69, 9.17) is 5.11 Å². The molecule has 90 valence electrons. The van der Waals surface area contributed by atoms with Gasteiger partial charge in [0, 0.05) is 18.2 Å². The van der Waals surface area contributed by atoms with Crippen molar-refractivity contribution < 1.29 is 10.2 Å². The van der Waals surface area contributed by atoms with Gasteiger partial charge in [0.25, 0.3) is 0 Å². The van der Waals surface area contributed by atoms with Crippen LogP contribution in [-0.2, 0) is 6.54 Å². The van der Waals surface area contributed by atoms with Crippen molar-refractivity contribution in [3.63, 3.8) is 0 Å². The van der Waals surface area contributed by atoms with Crippen LogP contribution in [0.2, 0.25) is 0 Å². The van der Waals surface area contributed by atoms with Crippen LogP contribution in [0, 0.1) is 13.8 Å². The van der Waals surface area contributed by atoms with E-state index in [1.165, 1.54) is 5.56 Å². The van der Waals surface area contributed by atoms with E-state index in [0.29, 0.717) is 12.3 Å². The number of aromatic hydroxyl groups is 1. The van der Waals surface area contributed by atoms with E-state index in [0.717, 1.165) is 17.5 Å². The third-order valence-electron chi connectivity index (χ3n) is 2.99. The van der Waals surface area contributed by atoms with Crippen molar-refractivity contribution in [2.24, 2.45) is 0 Å². The average Bonchev–Trinajstić information content (AvgIpc) is 2.26. The van der Waals surface area contributed by atoms with Gasteiger partial charge in [0.15, 0.2) is 0 Å². The molecule has 1 aromatic rings. The van der Waals surface area contributed by atoms with Gasteiger partial charge >= 0.3 is 0 Å². The molecule has 0 fully saturated rings. The molecular formula is C13H21NO2. The molecule has 0 bridgehead atoms. The van der Waals surface area contributed by atoms with Crippen molar-refractivity contribution in [2.45, 2.75) is 39.8 Å². The van der Waals surface area contributed by atoms with Crippen LogP contribution in [0.25, 0.3) is 0 Å². The number of aliphatic hydroxyl groups excluding tert-OH is 1. The minimum atomic E-state index is 0.0982. The molecule has 0 saturated carbocycles. The first-order chi connectivity index (χ1) is 7.58. The van der Waals surface area contributed by atoms with Crippen LogP contribution in [-0.4, -0.2) is 22.9 Å². The molecule has 0 heterocycles. The molecule has 0 aliphatic rings. The molecule has 0 aliphatic carbocycles. The lowest BCUT2D eigenvalue weighted by molar-refractivity contribution is 0.238. The number of phenols is 1. The van der Waals surface area contributed by atoms with Crippen molar-refractivity contribution in [3.05, 3.63) is 28.8 Å². The number of hydrogen-bond acceptors (Lipinski definition) is 3. The Morgan fingerprint density at radius 1 is 1.25 bits per heavy atom. The highest BCUT2D eigenvalue weighted by Crippen LogP contribution is 2.21. The summed E-state index contributed by atoms with van der Waals surface area (Å²) < 4.78 is 0. The fraction of sp³-hybridized carbons (Fsp3) is 0.538. The molecule has 1 aromatic carbocycles. The summed E-state index contributed by atoms with van der Waals surface area (Å²) >= 11 is 0. The Bertz CT molecular complexity index is 346. The predicted octanol–water partition coefficient (Wildman–Crippen LogP) is 1.87. The highest BCUT2D eigenvalue weighted by Gasteiger charge is 2.07. The van der Waals surface area contributed by atoms with Crippen LogP contribution in [0.4, 0.5) is 0 Å². The maximum Gasteiger partial charge on any atom is 0.120 e. The first-order valence-corrected chi connectivity index (χ1v) is 5.71. The molecule has 0 amide bonds. The molecular weight excluding hydrogens is 202 g/mol. The topological polar surface area (TPSA) is 52.5 Å². The zero-order chi connectivity index (χ0) is 12.1. The van der Waals surface area contributed by atoms with Gasteiger partial charge in [0.2, 0.25) is 0 Å². The van der Waals surface area contributed by atoms with Crippen molar-refractivity contribution in [1.29, 1.82) is 0 Å². The molecule has 0 aliphatic heterocycles. The van der Waals surface area contributed by atoms with E-state index in [1.807, 2.05) is 26.8 Å². The monoisotopic (exact) mass is 223 g/mol. The van der Waals surface area contributed by atoms with Crippen molar-refractivity contribution >= 4 is 0 Å². The summed E-state index contributed by atoms with van der Waals surface area (Å²) in [6, 6.07) is 3.87. The van der Waals surface area contributed by atoms with E-state index in [-0.39, 0.29) is 12.6 Å². The zero-order valence-electron chi connectivity index (χ0n) is 10.2. The van der Waals surface area contributed by atoms with Gasteiger partial charge in [-0.15, -0.1) is 0 Å². The van der Waals surface area contributed by atoms with E-state index >= 15 is 0 Å². The third-order valence-corrected chi connectivity index (χ3v) is 2.99. The molecule has 0 saturated heterocycles. The lowest BCUT2D eigenvalue weighted by Gasteiger charge is -2.15. The van der Waals surface area contributed by atoms with Crippen LogP contribution in [0.3, 0.4) is 0 Å². The number of rotatable bonds is 5. The molecule has 16 heavy (non-hydrogen) atoms. The molecule has 0 aromatic heterocycles. The molecule has 1 atom stereocenters. The van der Waals surface area contributed by atoms with Gasteiger partial charge in [-0.2, -0.15) is 0 Å². The lowest BCUT2D eigenvalue weighted by Crippen LogP contribution is -2.31. The van der Waals surface area contributed by atoms with Gasteiger partial charge in [-0.25, -0.2) is 0 Å². The minimum absolute atomic E-state index is 0.0982. The predicted molar refractivity (Wildman–Crippen MR) is 65.6 cm³/mol. The van der Waals surface area contributed by atoms with E-state index in [1.54, 1.807) is 6.07 Å². The molecule has 0 unspecified atom stereocenters. The van der Waals surface area contributed by atoms with Crippen molar-refractivity contribution in [2.75, 3.05) is 6.61 Å². The van der Waals surface area contributed by atoms with E-state index in [2.05, 4.69) is 5.32 Å². The quantitative estimate of drug-likeness (QED) is 0.714. The summed E-state index contributed by atoms with van der Waals surface area (Å²) in [6.45, 7) is 6.75. The van der Waals surface area contributed by atoms with Crippen LogP contribution < -0.4 is 5.32 Å². The Kier molecular flexibility index (Phi) is 4.77. The second kappa shape index (κ2) is 5.87. The molecule has 1 rings (SSSR count). The molecule has 3 N–H and O–H groups in total. The Morgan fingerprint density at radius 2 is 1.88 bits per heavy atom. The first-order valence-electron chi connectivity index (χ1n) is 5.71. The minimum Gasteiger partial charge on any atom is -0.508 e. The standard InChI is InChI=1S/C13H21NO2/c1-4-12(8-15)14-7-11-5-9(2)10(3)6-13(11)16/h5-6,12,14-16H,4,7-8H2,1-3H3/t12-/m1/s1. The molecule has 3 heteroatoms. The van der Waals surface area contributed by atoms with Gasteiger partial charge < -0.3 is 15.5 Å². The number of aliphatic hydroxyl groups is 1. The second-order valence-electron chi connectivity index (χ2n) is 4.23. The summed E-state index contributed by atoms with van der Waals surface area (Å²) in [4.78, 5) is 0. The second-order valence-corrected chi connectivity index (χ2v) is 4.23. The first kappa shape index (κ1) is 13.0. The average molecular weight is 223 g/mol. The summed E-state index contributed by atoms with van der Waals surface area (Å²) in [5.41, 5.74) is 3.15. The van der Waals surface area contributed by atoms with Crippen LogP contribution in [0.1, 0.15) is 30.0 Å². The number of benzene rings is 1. The SMILES string of the molecule is CC[C@H](CO)NCc1cc(C)c(C)cc1O.